The van der Waals surface area contributed by atoms with Gasteiger partial charge in [-0.25, -0.2) is 0 Å². The van der Waals surface area contributed by atoms with E-state index in [0.29, 0.717) is 28.8 Å². The Morgan fingerprint density at radius 1 is 1.24 bits per heavy atom. The number of ether oxygens (including phenoxy) is 1. The molecule has 2 aliphatic rings. The van der Waals surface area contributed by atoms with Crippen LogP contribution in [0.2, 0.25) is 0 Å². The molecular weight excluding hydrogens is 338 g/mol. The number of rotatable bonds is 7. The molecule has 2 aliphatic carbocycles. The van der Waals surface area contributed by atoms with Crippen molar-refractivity contribution < 1.29 is 13.9 Å². The van der Waals surface area contributed by atoms with Gasteiger partial charge in [-0.2, -0.15) is 0 Å². The molecule has 132 valence electrons. The Bertz CT molecular complexity index is 721. The maximum atomic E-state index is 12.1. The Morgan fingerprint density at radius 3 is 2.88 bits per heavy atom. The van der Waals surface area contributed by atoms with Crippen molar-refractivity contribution in [3.05, 3.63) is 36.2 Å². The number of benzene rings is 1. The van der Waals surface area contributed by atoms with E-state index in [1.165, 1.54) is 31.0 Å². The predicted molar refractivity (Wildman–Crippen MR) is 93.2 cm³/mol. The summed E-state index contributed by atoms with van der Waals surface area (Å²) in [4.78, 5) is 12.1. The van der Waals surface area contributed by atoms with E-state index < -0.39 is 0 Å². The van der Waals surface area contributed by atoms with E-state index in [1.54, 1.807) is 0 Å². The summed E-state index contributed by atoms with van der Waals surface area (Å²) in [6.45, 7) is 0.217. The third-order valence-corrected chi connectivity index (χ3v) is 5.78. The van der Waals surface area contributed by atoms with E-state index in [-0.39, 0.29) is 12.5 Å². The average Bonchev–Trinajstić information content (AvgIpc) is 3.36. The van der Waals surface area contributed by atoms with E-state index in [2.05, 4.69) is 15.5 Å². The predicted octanol–water partition coefficient (Wildman–Crippen LogP) is 3.05. The number of carbonyl (C=O) groups is 1. The number of hydrogen-bond acceptors (Lipinski definition) is 6. The summed E-state index contributed by atoms with van der Waals surface area (Å²) in [6.07, 6.45) is 5.02. The molecule has 1 aromatic carbocycles. The lowest BCUT2D eigenvalue weighted by Crippen LogP contribution is -2.39. The van der Waals surface area contributed by atoms with Crippen LogP contribution in [0.4, 0.5) is 0 Å². The zero-order valence-corrected chi connectivity index (χ0v) is 14.7. The van der Waals surface area contributed by atoms with Gasteiger partial charge < -0.3 is 14.5 Å². The van der Waals surface area contributed by atoms with Gasteiger partial charge in [-0.05, 0) is 43.2 Å². The lowest BCUT2D eigenvalue weighted by Gasteiger charge is -2.22. The molecule has 0 spiro atoms. The number of para-hydroxylation sites is 1. The van der Waals surface area contributed by atoms with Crippen LogP contribution >= 0.6 is 11.8 Å². The molecule has 2 saturated carbocycles. The Balaban J connectivity index is 1.21. The van der Waals surface area contributed by atoms with Gasteiger partial charge in [0.1, 0.15) is 5.75 Å². The summed E-state index contributed by atoms with van der Waals surface area (Å²) in [5, 5.41) is 11.5. The van der Waals surface area contributed by atoms with Crippen LogP contribution in [0.1, 0.15) is 31.6 Å². The Kier molecular flexibility index (Phi) is 4.92. The first-order chi connectivity index (χ1) is 12.3. The molecule has 3 atom stereocenters. The molecule has 0 unspecified atom stereocenters. The van der Waals surface area contributed by atoms with Crippen molar-refractivity contribution >= 4 is 17.7 Å². The SMILES string of the molecule is O=C(CSc1nnc(COc2ccccc2)o1)N[C@@H]1C[C@H]2CC[C@H]1C2. The Morgan fingerprint density at radius 2 is 2.12 bits per heavy atom. The highest BCUT2D eigenvalue weighted by Crippen LogP contribution is 2.44. The van der Waals surface area contributed by atoms with Gasteiger partial charge in [-0.3, -0.25) is 4.79 Å². The van der Waals surface area contributed by atoms with Gasteiger partial charge in [0, 0.05) is 6.04 Å². The minimum absolute atomic E-state index is 0.0443. The zero-order chi connectivity index (χ0) is 17.1. The molecule has 0 radical (unpaired) electrons. The molecule has 1 heterocycles. The first-order valence-corrected chi connectivity index (χ1v) is 9.67. The molecule has 1 N–H and O–H groups in total. The summed E-state index contributed by atoms with van der Waals surface area (Å²) in [5.74, 6) is 3.01. The smallest absolute Gasteiger partial charge is 0.277 e. The first kappa shape index (κ1) is 16.4. The summed E-state index contributed by atoms with van der Waals surface area (Å²) in [6, 6.07) is 9.83. The molecule has 6 nitrogen and oxygen atoms in total. The fourth-order valence-corrected chi connectivity index (χ4v) is 4.41. The third kappa shape index (κ3) is 4.15. The van der Waals surface area contributed by atoms with Crippen molar-refractivity contribution in [3.8, 4) is 5.75 Å². The lowest BCUT2D eigenvalue weighted by molar-refractivity contribution is -0.119. The number of hydrogen-bond donors (Lipinski definition) is 1. The second-order valence-electron chi connectivity index (χ2n) is 6.70. The zero-order valence-electron chi connectivity index (χ0n) is 13.9. The molecule has 1 aromatic heterocycles. The first-order valence-electron chi connectivity index (χ1n) is 8.68. The van der Waals surface area contributed by atoms with Crippen LogP contribution in [0.25, 0.3) is 0 Å². The molecule has 7 heteroatoms. The van der Waals surface area contributed by atoms with Crippen LogP contribution in [-0.4, -0.2) is 27.9 Å². The molecule has 25 heavy (non-hydrogen) atoms. The van der Waals surface area contributed by atoms with Crippen molar-refractivity contribution in [2.75, 3.05) is 5.75 Å². The lowest BCUT2D eigenvalue weighted by atomic mass is 9.95. The number of thioether (sulfide) groups is 1. The summed E-state index contributed by atoms with van der Waals surface area (Å²) in [5.41, 5.74) is 0. The number of nitrogens with zero attached hydrogens (tertiary/aromatic N) is 2. The van der Waals surface area contributed by atoms with Crippen LogP contribution < -0.4 is 10.1 Å². The van der Waals surface area contributed by atoms with E-state index >= 15 is 0 Å². The van der Waals surface area contributed by atoms with Gasteiger partial charge in [0.05, 0.1) is 5.75 Å². The highest BCUT2D eigenvalue weighted by atomic mass is 32.2. The molecule has 2 fully saturated rings. The van der Waals surface area contributed by atoms with Crippen molar-refractivity contribution in [3.63, 3.8) is 0 Å². The van der Waals surface area contributed by atoms with Gasteiger partial charge in [-0.1, -0.05) is 36.4 Å². The molecule has 2 bridgehead atoms. The molecule has 2 aromatic rings. The van der Waals surface area contributed by atoms with Crippen LogP contribution in [0, 0.1) is 11.8 Å². The van der Waals surface area contributed by atoms with Crippen LogP contribution in [-0.2, 0) is 11.4 Å². The maximum absolute atomic E-state index is 12.1. The molecule has 0 saturated heterocycles. The van der Waals surface area contributed by atoms with E-state index in [1.807, 2.05) is 30.3 Å². The summed E-state index contributed by atoms with van der Waals surface area (Å²) >= 11 is 1.27. The second kappa shape index (κ2) is 7.47. The molecule has 0 aliphatic heterocycles. The van der Waals surface area contributed by atoms with Gasteiger partial charge in [-0.15, -0.1) is 10.2 Å². The van der Waals surface area contributed by atoms with E-state index in [4.69, 9.17) is 9.15 Å². The number of nitrogens with one attached hydrogen (secondary N) is 1. The second-order valence-corrected chi connectivity index (χ2v) is 7.63. The largest absolute Gasteiger partial charge is 0.484 e. The van der Waals surface area contributed by atoms with Crippen LogP contribution in [0.15, 0.2) is 40.0 Å². The number of amides is 1. The monoisotopic (exact) mass is 359 g/mol. The van der Waals surface area contributed by atoms with E-state index in [0.717, 1.165) is 18.1 Å². The van der Waals surface area contributed by atoms with Gasteiger partial charge in [0.2, 0.25) is 5.91 Å². The molecule has 4 rings (SSSR count). The Labute approximate surface area is 150 Å². The maximum Gasteiger partial charge on any atom is 0.277 e. The normalized spacial score (nSPS) is 24.4. The highest BCUT2D eigenvalue weighted by molar-refractivity contribution is 7.99. The fourth-order valence-electron chi connectivity index (χ4n) is 3.81. The number of fused-ring (bicyclic) bond motifs is 2. The van der Waals surface area contributed by atoms with Gasteiger partial charge in [0.15, 0.2) is 6.61 Å². The number of aromatic nitrogens is 2. The minimum atomic E-state index is 0.0443. The van der Waals surface area contributed by atoms with Crippen molar-refractivity contribution in [2.24, 2.45) is 11.8 Å². The van der Waals surface area contributed by atoms with E-state index in [9.17, 15) is 4.79 Å². The minimum Gasteiger partial charge on any atom is -0.484 e. The number of carbonyl (C=O) groups excluding carboxylic acids is 1. The van der Waals surface area contributed by atoms with Crippen LogP contribution in [0.3, 0.4) is 0 Å². The third-order valence-electron chi connectivity index (χ3n) is 4.97. The van der Waals surface area contributed by atoms with Crippen LogP contribution in [0.5, 0.6) is 5.75 Å². The van der Waals surface area contributed by atoms with Crippen molar-refractivity contribution in [1.29, 1.82) is 0 Å². The summed E-state index contributed by atoms with van der Waals surface area (Å²) < 4.78 is 11.1. The van der Waals surface area contributed by atoms with Gasteiger partial charge >= 0.3 is 0 Å². The quantitative estimate of drug-likeness (QED) is 0.766. The van der Waals surface area contributed by atoms with Crippen molar-refractivity contribution in [1.82, 2.24) is 15.5 Å². The molecule has 1 amide bonds. The highest BCUT2D eigenvalue weighted by Gasteiger charge is 2.40. The topological polar surface area (TPSA) is 77.2 Å². The fraction of sp³-hybridized carbons (Fsp3) is 0.500. The van der Waals surface area contributed by atoms with Gasteiger partial charge in [0.25, 0.3) is 11.1 Å². The Hall–Kier alpha value is -2.02. The molecular formula is C18H21N3O3S. The average molecular weight is 359 g/mol. The standard InChI is InChI=1S/C18H21N3O3S/c22-16(19-15-9-12-6-7-13(15)8-12)11-25-18-21-20-17(24-18)10-23-14-4-2-1-3-5-14/h1-5,12-13,15H,6-11H2,(H,19,22)/t12-,13-,15+/m0/s1. The summed E-state index contributed by atoms with van der Waals surface area (Å²) in [7, 11) is 0. The van der Waals surface area contributed by atoms with Crippen molar-refractivity contribution in [2.45, 2.75) is 43.6 Å².